The van der Waals surface area contributed by atoms with Crippen LogP contribution in [-0.2, 0) is 20.0 Å². The summed E-state index contributed by atoms with van der Waals surface area (Å²) in [6.07, 6.45) is 2.04. The Kier molecular flexibility index (Phi) is 4.17. The number of nitrogens with two attached hydrogens (primary N) is 2. The first-order chi connectivity index (χ1) is 9.20. The molecule has 1 fully saturated rings. The highest BCUT2D eigenvalue weighted by Crippen LogP contribution is 2.31. The van der Waals surface area contributed by atoms with Crippen molar-refractivity contribution in [3.63, 3.8) is 0 Å². The number of primary sulfonamides is 1. The maximum absolute atomic E-state index is 12.1. The molecule has 9 heteroatoms. The van der Waals surface area contributed by atoms with E-state index < -0.39 is 20.0 Å². The number of hydrogen-bond acceptors (Lipinski definition) is 5. The Bertz CT molecular complexity index is 696. The van der Waals surface area contributed by atoms with E-state index in [9.17, 15) is 16.8 Å². The average Bonchev–Trinajstić information content (AvgIpc) is 3.19. The van der Waals surface area contributed by atoms with Crippen molar-refractivity contribution >= 4 is 20.0 Å². The minimum absolute atomic E-state index is 0.132. The van der Waals surface area contributed by atoms with Crippen LogP contribution in [0.25, 0.3) is 0 Å². The Morgan fingerprint density at radius 3 is 2.35 bits per heavy atom. The topological polar surface area (TPSA) is 132 Å². The lowest BCUT2D eigenvalue weighted by molar-refractivity contribution is 0.547. The van der Waals surface area contributed by atoms with Gasteiger partial charge >= 0.3 is 0 Å². The molecule has 1 aromatic carbocycles. The van der Waals surface area contributed by atoms with Gasteiger partial charge in [0.25, 0.3) is 0 Å². The molecule has 1 aliphatic rings. The van der Waals surface area contributed by atoms with Gasteiger partial charge in [-0.25, -0.2) is 26.7 Å². The van der Waals surface area contributed by atoms with E-state index in [1.807, 2.05) is 0 Å². The summed E-state index contributed by atoms with van der Waals surface area (Å²) in [6.45, 7) is 0.132. The van der Waals surface area contributed by atoms with Gasteiger partial charge in [0.2, 0.25) is 20.0 Å². The van der Waals surface area contributed by atoms with Gasteiger partial charge in [-0.3, -0.25) is 0 Å². The molecule has 0 heterocycles. The Hall–Kier alpha value is -1.00. The van der Waals surface area contributed by atoms with Crippen molar-refractivity contribution in [3.05, 3.63) is 24.3 Å². The molecular weight excluding hydrogens is 302 g/mol. The summed E-state index contributed by atoms with van der Waals surface area (Å²) >= 11 is 0. The molecule has 0 radical (unpaired) electrons. The van der Waals surface area contributed by atoms with E-state index >= 15 is 0 Å². The normalized spacial score (nSPS) is 17.9. The van der Waals surface area contributed by atoms with Gasteiger partial charge in [0.05, 0.1) is 9.79 Å². The van der Waals surface area contributed by atoms with Crippen molar-refractivity contribution in [2.24, 2.45) is 16.8 Å². The summed E-state index contributed by atoms with van der Waals surface area (Å²) in [5.41, 5.74) is 5.82. The standard InChI is InChI=1S/C11H17N3O4S2/c12-11(8-4-5-8)7-14-20(17,18)10-3-1-2-9(6-10)19(13,15)16/h1-3,6,8,11,14H,4-5,7,12H2,(H2,13,15,16). The molecule has 0 bridgehead atoms. The quantitative estimate of drug-likeness (QED) is 0.641. The number of sulfonamides is 2. The summed E-state index contributed by atoms with van der Waals surface area (Å²) < 4.78 is 48.9. The summed E-state index contributed by atoms with van der Waals surface area (Å²) in [7, 11) is -7.73. The highest BCUT2D eigenvalue weighted by atomic mass is 32.2. The zero-order chi connectivity index (χ0) is 15.0. The second-order valence-corrected chi connectivity index (χ2v) is 8.20. The van der Waals surface area contributed by atoms with E-state index in [2.05, 4.69) is 4.72 Å². The van der Waals surface area contributed by atoms with Crippen LogP contribution < -0.4 is 15.6 Å². The molecule has 1 saturated carbocycles. The molecule has 20 heavy (non-hydrogen) atoms. The third-order valence-electron chi connectivity index (χ3n) is 3.18. The van der Waals surface area contributed by atoms with Crippen LogP contribution in [0.1, 0.15) is 12.8 Å². The van der Waals surface area contributed by atoms with Crippen LogP contribution in [-0.4, -0.2) is 29.4 Å². The Morgan fingerprint density at radius 1 is 1.20 bits per heavy atom. The average molecular weight is 319 g/mol. The van der Waals surface area contributed by atoms with Crippen LogP contribution in [0.3, 0.4) is 0 Å². The Morgan fingerprint density at radius 2 is 1.80 bits per heavy atom. The predicted octanol–water partition coefficient (Wildman–Crippen LogP) is -0.650. The number of nitrogens with one attached hydrogen (secondary N) is 1. The minimum Gasteiger partial charge on any atom is -0.326 e. The van der Waals surface area contributed by atoms with Gasteiger partial charge < -0.3 is 5.73 Å². The van der Waals surface area contributed by atoms with Crippen LogP contribution in [0.5, 0.6) is 0 Å². The third-order valence-corrected chi connectivity index (χ3v) is 5.51. The highest BCUT2D eigenvalue weighted by Gasteiger charge is 2.29. The fourth-order valence-electron chi connectivity index (χ4n) is 1.80. The maximum Gasteiger partial charge on any atom is 0.240 e. The van der Waals surface area contributed by atoms with E-state index in [-0.39, 0.29) is 22.4 Å². The molecule has 0 spiro atoms. The van der Waals surface area contributed by atoms with E-state index in [0.29, 0.717) is 5.92 Å². The van der Waals surface area contributed by atoms with Gasteiger partial charge in [-0.15, -0.1) is 0 Å². The molecule has 0 saturated heterocycles. The molecule has 0 aliphatic heterocycles. The van der Waals surface area contributed by atoms with Crippen molar-refractivity contribution in [3.8, 4) is 0 Å². The first-order valence-electron chi connectivity index (χ1n) is 6.08. The van der Waals surface area contributed by atoms with Crippen molar-refractivity contribution in [1.82, 2.24) is 4.72 Å². The van der Waals surface area contributed by atoms with Crippen LogP contribution in [0, 0.1) is 5.92 Å². The lowest BCUT2D eigenvalue weighted by atomic mass is 10.2. The molecule has 2 rings (SSSR count). The number of hydrogen-bond donors (Lipinski definition) is 3. The van der Waals surface area contributed by atoms with Gasteiger partial charge in [-0.2, -0.15) is 0 Å². The van der Waals surface area contributed by atoms with Crippen molar-refractivity contribution < 1.29 is 16.8 Å². The van der Waals surface area contributed by atoms with E-state index in [1.165, 1.54) is 18.2 Å². The molecule has 0 aromatic heterocycles. The summed E-state index contributed by atoms with van der Waals surface area (Å²) in [5.74, 6) is 0.369. The van der Waals surface area contributed by atoms with Gasteiger partial charge in [-0.05, 0) is 37.0 Å². The minimum atomic E-state index is -3.94. The molecule has 1 atom stereocenters. The third kappa shape index (κ3) is 3.76. The van der Waals surface area contributed by atoms with Gasteiger partial charge in [0.1, 0.15) is 0 Å². The van der Waals surface area contributed by atoms with E-state index in [4.69, 9.17) is 10.9 Å². The maximum atomic E-state index is 12.1. The molecule has 112 valence electrons. The zero-order valence-electron chi connectivity index (χ0n) is 10.7. The van der Waals surface area contributed by atoms with E-state index in [0.717, 1.165) is 18.9 Å². The van der Waals surface area contributed by atoms with Gasteiger partial charge in [-0.1, -0.05) is 6.07 Å². The zero-order valence-corrected chi connectivity index (χ0v) is 12.3. The van der Waals surface area contributed by atoms with Crippen LogP contribution in [0.2, 0.25) is 0 Å². The van der Waals surface area contributed by atoms with E-state index in [1.54, 1.807) is 0 Å². The predicted molar refractivity (Wildman–Crippen MR) is 73.7 cm³/mol. The fraction of sp³-hybridized carbons (Fsp3) is 0.455. The molecule has 1 unspecified atom stereocenters. The fourth-order valence-corrected chi connectivity index (χ4v) is 3.55. The first-order valence-corrected chi connectivity index (χ1v) is 9.11. The SMILES string of the molecule is NC(CNS(=O)(=O)c1cccc(S(N)(=O)=O)c1)C1CC1. The number of rotatable bonds is 6. The van der Waals surface area contributed by atoms with Crippen LogP contribution in [0.15, 0.2) is 34.1 Å². The second kappa shape index (κ2) is 5.41. The monoisotopic (exact) mass is 319 g/mol. The largest absolute Gasteiger partial charge is 0.326 e. The lowest BCUT2D eigenvalue weighted by Gasteiger charge is -2.12. The molecule has 0 amide bonds. The van der Waals surface area contributed by atoms with Crippen molar-refractivity contribution in [2.75, 3.05) is 6.54 Å². The molecule has 1 aliphatic carbocycles. The lowest BCUT2D eigenvalue weighted by Crippen LogP contribution is -2.38. The van der Waals surface area contributed by atoms with Gasteiger partial charge in [0, 0.05) is 12.6 Å². The summed E-state index contributed by atoms with van der Waals surface area (Å²) in [4.78, 5) is -0.390. The summed E-state index contributed by atoms with van der Waals surface area (Å²) in [5, 5.41) is 4.98. The molecule has 1 aromatic rings. The second-order valence-electron chi connectivity index (χ2n) is 4.87. The smallest absolute Gasteiger partial charge is 0.240 e. The first kappa shape index (κ1) is 15.4. The molecule has 7 nitrogen and oxygen atoms in total. The Balaban J connectivity index is 2.16. The Labute approximate surface area is 118 Å². The molecule has 5 N–H and O–H groups in total. The van der Waals surface area contributed by atoms with Crippen LogP contribution >= 0.6 is 0 Å². The van der Waals surface area contributed by atoms with Crippen molar-refractivity contribution in [1.29, 1.82) is 0 Å². The number of benzene rings is 1. The molecular formula is C11H17N3O4S2. The van der Waals surface area contributed by atoms with Crippen LogP contribution in [0.4, 0.5) is 0 Å². The summed E-state index contributed by atoms with van der Waals surface area (Å²) in [6, 6.07) is 4.69. The highest BCUT2D eigenvalue weighted by molar-refractivity contribution is 7.90. The van der Waals surface area contributed by atoms with Crippen molar-refractivity contribution in [2.45, 2.75) is 28.7 Å². The van der Waals surface area contributed by atoms with Gasteiger partial charge in [0.15, 0.2) is 0 Å².